The van der Waals surface area contributed by atoms with Gasteiger partial charge in [0.25, 0.3) is 0 Å². The van der Waals surface area contributed by atoms with Crippen LogP contribution >= 0.6 is 0 Å². The van der Waals surface area contributed by atoms with Crippen molar-refractivity contribution in [2.75, 3.05) is 20.1 Å². The third-order valence-electron chi connectivity index (χ3n) is 5.06. The maximum absolute atomic E-state index is 13.6. The second-order valence-corrected chi connectivity index (χ2v) is 7.54. The van der Waals surface area contributed by atoms with Crippen molar-refractivity contribution in [3.8, 4) is 11.1 Å². The maximum atomic E-state index is 13.6. The summed E-state index contributed by atoms with van der Waals surface area (Å²) in [7, 11) is 2.11. The number of H-pyrrole nitrogens is 1. The van der Waals surface area contributed by atoms with Crippen molar-refractivity contribution in [3.63, 3.8) is 0 Å². The van der Waals surface area contributed by atoms with Crippen molar-refractivity contribution in [3.05, 3.63) is 54.1 Å². The van der Waals surface area contributed by atoms with E-state index in [0.717, 1.165) is 37.5 Å². The highest BCUT2D eigenvalue weighted by Gasteiger charge is 2.27. The van der Waals surface area contributed by atoms with Crippen LogP contribution < -0.4 is 0 Å². The highest BCUT2D eigenvalue weighted by Crippen LogP contribution is 2.30. The van der Waals surface area contributed by atoms with Gasteiger partial charge in [0.15, 0.2) is 5.82 Å². The van der Waals surface area contributed by atoms with Crippen molar-refractivity contribution in [2.24, 2.45) is 11.8 Å². The number of nitrogens with zero attached hydrogens (tertiary/aromatic N) is 2. The van der Waals surface area contributed by atoms with Crippen molar-refractivity contribution in [1.82, 2.24) is 14.9 Å². The molecule has 0 bridgehead atoms. The topological polar surface area (TPSA) is 52.1 Å². The lowest BCUT2D eigenvalue weighted by Crippen LogP contribution is -2.45. The standard InChI is InChI=1S/C13H7F3N2.C8H17NO/c14-8-3-7(4-9(15)5-8)10-1-2-17-13-12(10)11(16)6-18-13;1-6-4-9(3)5-7(2)8(6)10/h1-6H,(H,17,18);6-8,10H,4-5H2,1-3H3. The number of hydrogen-bond acceptors (Lipinski definition) is 3. The number of hydrogen-bond donors (Lipinski definition) is 2. The Morgan fingerprint density at radius 1 is 1.07 bits per heavy atom. The van der Waals surface area contributed by atoms with Crippen LogP contribution in [0.4, 0.5) is 13.2 Å². The predicted molar refractivity (Wildman–Crippen MR) is 103 cm³/mol. The number of aliphatic hydroxyl groups excluding tert-OH is 1. The molecule has 0 amide bonds. The van der Waals surface area contributed by atoms with Crippen LogP contribution in [0.3, 0.4) is 0 Å². The van der Waals surface area contributed by atoms with Crippen LogP contribution in [0.15, 0.2) is 36.7 Å². The summed E-state index contributed by atoms with van der Waals surface area (Å²) in [5.74, 6) is -1.03. The molecule has 0 spiro atoms. The molecular formula is C21H24F3N3O. The number of aromatic amines is 1. The quantitative estimate of drug-likeness (QED) is 0.653. The molecule has 0 saturated carbocycles. The fourth-order valence-electron chi connectivity index (χ4n) is 3.80. The van der Waals surface area contributed by atoms with Crippen LogP contribution in [0.5, 0.6) is 0 Å². The van der Waals surface area contributed by atoms with Crippen LogP contribution in [0.25, 0.3) is 22.2 Å². The first kappa shape index (κ1) is 20.4. The lowest BCUT2D eigenvalue weighted by Gasteiger charge is -2.36. The second kappa shape index (κ2) is 8.32. The lowest BCUT2D eigenvalue weighted by atomic mass is 9.89. The number of rotatable bonds is 1. The van der Waals surface area contributed by atoms with E-state index in [0.29, 0.717) is 23.0 Å². The van der Waals surface area contributed by atoms with Gasteiger partial charge in [0, 0.05) is 31.5 Å². The molecule has 4 nitrogen and oxygen atoms in total. The third kappa shape index (κ3) is 4.36. The molecule has 2 aromatic heterocycles. The van der Waals surface area contributed by atoms with Gasteiger partial charge >= 0.3 is 0 Å². The summed E-state index contributed by atoms with van der Waals surface area (Å²) in [4.78, 5) is 8.88. The van der Waals surface area contributed by atoms with E-state index in [1.165, 1.54) is 12.3 Å². The van der Waals surface area contributed by atoms with Crippen molar-refractivity contribution >= 4 is 11.0 Å². The van der Waals surface area contributed by atoms with Crippen molar-refractivity contribution in [1.29, 1.82) is 0 Å². The number of pyridine rings is 1. The van der Waals surface area contributed by atoms with Gasteiger partial charge in [-0.1, -0.05) is 13.8 Å². The van der Waals surface area contributed by atoms with Gasteiger partial charge in [-0.2, -0.15) is 0 Å². The summed E-state index contributed by atoms with van der Waals surface area (Å²) in [5, 5.41) is 9.76. The fourth-order valence-corrected chi connectivity index (χ4v) is 3.80. The Balaban J connectivity index is 0.000000192. The maximum Gasteiger partial charge on any atom is 0.150 e. The average Bonchev–Trinajstić information content (AvgIpc) is 3.01. The number of likely N-dealkylation sites (tertiary alicyclic amines) is 1. The third-order valence-corrected chi connectivity index (χ3v) is 5.06. The Labute approximate surface area is 162 Å². The van der Waals surface area contributed by atoms with Crippen LogP contribution in [-0.4, -0.2) is 46.2 Å². The van der Waals surface area contributed by atoms with Crippen LogP contribution in [0.2, 0.25) is 0 Å². The van der Waals surface area contributed by atoms with Gasteiger partial charge in [-0.3, -0.25) is 0 Å². The Bertz CT molecular complexity index is 927. The number of aliphatic hydroxyl groups is 1. The van der Waals surface area contributed by atoms with Gasteiger partial charge in [-0.25, -0.2) is 18.2 Å². The van der Waals surface area contributed by atoms with Crippen LogP contribution in [-0.2, 0) is 0 Å². The minimum atomic E-state index is -0.703. The molecule has 1 aliphatic rings. The summed E-state index contributed by atoms with van der Waals surface area (Å²) in [6.45, 7) is 6.28. The molecule has 4 rings (SSSR count). The zero-order valence-electron chi connectivity index (χ0n) is 16.1. The number of piperidine rings is 1. The first-order valence-electron chi connectivity index (χ1n) is 9.21. The van der Waals surface area contributed by atoms with Gasteiger partial charge in [-0.05, 0) is 48.2 Å². The molecule has 28 heavy (non-hydrogen) atoms. The first-order chi connectivity index (χ1) is 13.3. The predicted octanol–water partition coefficient (Wildman–Crippen LogP) is 4.21. The van der Waals surface area contributed by atoms with E-state index in [1.54, 1.807) is 0 Å². The highest BCUT2D eigenvalue weighted by molar-refractivity contribution is 5.93. The second-order valence-electron chi connectivity index (χ2n) is 7.54. The molecule has 1 saturated heterocycles. The van der Waals surface area contributed by atoms with E-state index >= 15 is 0 Å². The summed E-state index contributed by atoms with van der Waals surface area (Å²) < 4.78 is 40.0. The molecule has 2 atom stereocenters. The van der Waals surface area contributed by atoms with Crippen molar-refractivity contribution < 1.29 is 18.3 Å². The zero-order chi connectivity index (χ0) is 20.4. The number of halogens is 3. The Morgan fingerprint density at radius 2 is 1.68 bits per heavy atom. The minimum absolute atomic E-state index is 0.0869. The summed E-state index contributed by atoms with van der Waals surface area (Å²) in [6, 6.07) is 4.61. The molecule has 1 fully saturated rings. The summed E-state index contributed by atoms with van der Waals surface area (Å²) >= 11 is 0. The number of nitrogens with one attached hydrogen (secondary N) is 1. The van der Waals surface area contributed by atoms with Gasteiger partial charge < -0.3 is 15.0 Å². The molecule has 1 aromatic carbocycles. The zero-order valence-corrected chi connectivity index (χ0v) is 16.1. The molecule has 1 aliphatic heterocycles. The smallest absolute Gasteiger partial charge is 0.150 e. The monoisotopic (exact) mass is 391 g/mol. The SMILES string of the molecule is CC1CN(C)CC(C)C1O.Fc1cc(F)cc(-c2ccnc3[nH]cc(F)c23)c1. The largest absolute Gasteiger partial charge is 0.392 e. The van der Waals surface area contributed by atoms with E-state index in [9.17, 15) is 18.3 Å². The Morgan fingerprint density at radius 3 is 2.29 bits per heavy atom. The van der Waals surface area contributed by atoms with E-state index in [2.05, 4.69) is 35.8 Å². The van der Waals surface area contributed by atoms with Crippen LogP contribution in [0.1, 0.15) is 13.8 Å². The molecule has 2 N–H and O–H groups in total. The van der Waals surface area contributed by atoms with Gasteiger partial charge in [0.05, 0.1) is 11.5 Å². The molecular weight excluding hydrogens is 367 g/mol. The van der Waals surface area contributed by atoms with Crippen LogP contribution in [0, 0.1) is 29.3 Å². The Kier molecular flexibility index (Phi) is 6.05. The molecule has 7 heteroatoms. The average molecular weight is 391 g/mol. The molecule has 150 valence electrons. The summed E-state index contributed by atoms with van der Waals surface area (Å²) in [5.41, 5.74) is 1.02. The van der Waals surface area contributed by atoms with Gasteiger partial charge in [0.2, 0.25) is 0 Å². The molecule has 2 unspecified atom stereocenters. The molecule has 0 radical (unpaired) electrons. The Hall–Kier alpha value is -2.38. The van der Waals surface area contributed by atoms with E-state index < -0.39 is 17.5 Å². The fraction of sp³-hybridized carbons (Fsp3) is 0.381. The number of aromatic nitrogens is 2. The molecule has 3 aromatic rings. The number of fused-ring (bicyclic) bond motifs is 1. The molecule has 3 heterocycles. The van der Waals surface area contributed by atoms with E-state index in [-0.39, 0.29) is 17.1 Å². The lowest BCUT2D eigenvalue weighted by molar-refractivity contribution is 0.000995. The minimum Gasteiger partial charge on any atom is -0.392 e. The van der Waals surface area contributed by atoms with Gasteiger partial charge in [-0.15, -0.1) is 0 Å². The summed E-state index contributed by atoms with van der Waals surface area (Å²) in [6.07, 6.45) is 2.53. The van der Waals surface area contributed by atoms with E-state index in [1.807, 2.05) is 0 Å². The first-order valence-corrected chi connectivity index (χ1v) is 9.21. The van der Waals surface area contributed by atoms with Gasteiger partial charge in [0.1, 0.15) is 17.3 Å². The normalized spacial score (nSPS) is 22.8. The highest BCUT2D eigenvalue weighted by atomic mass is 19.1. The number of benzene rings is 1. The van der Waals surface area contributed by atoms with Crippen molar-refractivity contribution in [2.45, 2.75) is 20.0 Å². The van der Waals surface area contributed by atoms with E-state index in [4.69, 9.17) is 0 Å². The molecule has 0 aliphatic carbocycles.